The van der Waals surface area contributed by atoms with E-state index in [1.54, 1.807) is 6.07 Å². The monoisotopic (exact) mass is 272 g/mol. The average molecular weight is 272 g/mol. The zero-order valence-electron chi connectivity index (χ0n) is 12.1. The van der Waals surface area contributed by atoms with Crippen LogP contribution in [0.5, 0.6) is 0 Å². The van der Waals surface area contributed by atoms with Crippen LogP contribution in [0.2, 0.25) is 0 Å². The van der Waals surface area contributed by atoms with Crippen molar-refractivity contribution in [1.29, 1.82) is 0 Å². The second kappa shape index (κ2) is 6.53. The van der Waals surface area contributed by atoms with E-state index < -0.39 is 0 Å². The smallest absolute Gasteiger partial charge is 0.123 e. The maximum Gasteiger partial charge on any atom is 0.123 e. The maximum absolute atomic E-state index is 13.4. The molecule has 0 atom stereocenters. The van der Waals surface area contributed by atoms with Gasteiger partial charge in [-0.3, -0.25) is 4.90 Å². The van der Waals surface area contributed by atoms with Crippen molar-refractivity contribution in [2.24, 2.45) is 0 Å². The average Bonchev–Trinajstić information content (AvgIpc) is 2.44. The fourth-order valence-corrected chi connectivity index (χ4v) is 2.25. The molecule has 0 aliphatic carbocycles. The lowest BCUT2D eigenvalue weighted by Crippen LogP contribution is -2.23. The molecule has 0 aromatic heterocycles. The van der Waals surface area contributed by atoms with Crippen molar-refractivity contribution in [1.82, 2.24) is 4.90 Å². The standard InChI is InChI=1S/C17H21FN2/c1-3-20(11-14-6-4-5-7-17(14)19)12-15-10-16(18)9-8-13(15)2/h4-10H,3,11-12,19H2,1-2H3. The van der Waals surface area contributed by atoms with E-state index in [4.69, 9.17) is 5.73 Å². The number of para-hydroxylation sites is 1. The van der Waals surface area contributed by atoms with E-state index in [9.17, 15) is 4.39 Å². The van der Waals surface area contributed by atoms with Gasteiger partial charge in [-0.25, -0.2) is 4.39 Å². The van der Waals surface area contributed by atoms with Gasteiger partial charge < -0.3 is 5.73 Å². The molecule has 2 rings (SSSR count). The van der Waals surface area contributed by atoms with Gasteiger partial charge in [-0.1, -0.05) is 31.2 Å². The number of nitrogens with zero attached hydrogens (tertiary/aromatic N) is 1. The third kappa shape index (κ3) is 3.58. The van der Waals surface area contributed by atoms with Crippen molar-refractivity contribution in [3.8, 4) is 0 Å². The highest BCUT2D eigenvalue weighted by Gasteiger charge is 2.09. The van der Waals surface area contributed by atoms with Crippen LogP contribution in [-0.2, 0) is 13.1 Å². The molecular formula is C17H21FN2. The molecule has 106 valence electrons. The van der Waals surface area contributed by atoms with Crippen LogP contribution in [-0.4, -0.2) is 11.4 Å². The number of halogens is 1. The molecule has 0 saturated heterocycles. The van der Waals surface area contributed by atoms with Crippen LogP contribution in [0.25, 0.3) is 0 Å². The van der Waals surface area contributed by atoms with E-state index in [0.717, 1.165) is 42.0 Å². The number of hydrogen-bond acceptors (Lipinski definition) is 2. The summed E-state index contributed by atoms with van der Waals surface area (Å²) in [6, 6.07) is 12.8. The van der Waals surface area contributed by atoms with Crippen LogP contribution in [0, 0.1) is 12.7 Å². The quantitative estimate of drug-likeness (QED) is 0.840. The second-order valence-electron chi connectivity index (χ2n) is 5.07. The van der Waals surface area contributed by atoms with Crippen molar-refractivity contribution < 1.29 is 4.39 Å². The van der Waals surface area contributed by atoms with Gasteiger partial charge in [0, 0.05) is 18.8 Å². The van der Waals surface area contributed by atoms with Gasteiger partial charge in [-0.15, -0.1) is 0 Å². The van der Waals surface area contributed by atoms with Crippen molar-refractivity contribution in [2.45, 2.75) is 26.9 Å². The lowest BCUT2D eigenvalue weighted by molar-refractivity contribution is 0.271. The molecule has 2 aromatic rings. The van der Waals surface area contributed by atoms with Crippen molar-refractivity contribution in [3.05, 3.63) is 65.0 Å². The molecule has 0 spiro atoms. The second-order valence-corrected chi connectivity index (χ2v) is 5.07. The van der Waals surface area contributed by atoms with E-state index in [1.807, 2.05) is 37.3 Å². The van der Waals surface area contributed by atoms with Crippen LogP contribution in [0.3, 0.4) is 0 Å². The summed E-state index contributed by atoms with van der Waals surface area (Å²) in [7, 11) is 0. The summed E-state index contributed by atoms with van der Waals surface area (Å²) in [5.41, 5.74) is 10.1. The Morgan fingerprint density at radius 1 is 1.05 bits per heavy atom. The maximum atomic E-state index is 13.4. The Morgan fingerprint density at radius 2 is 1.75 bits per heavy atom. The molecule has 2 N–H and O–H groups in total. The number of hydrogen-bond donors (Lipinski definition) is 1. The predicted octanol–water partition coefficient (Wildman–Crippen LogP) is 3.74. The molecule has 0 heterocycles. The Morgan fingerprint density at radius 3 is 2.45 bits per heavy atom. The first kappa shape index (κ1) is 14.5. The van der Waals surface area contributed by atoms with Crippen LogP contribution < -0.4 is 5.73 Å². The Hall–Kier alpha value is -1.87. The fourth-order valence-electron chi connectivity index (χ4n) is 2.25. The van der Waals surface area contributed by atoms with Gasteiger partial charge in [0.2, 0.25) is 0 Å². The molecular weight excluding hydrogens is 251 g/mol. The number of aryl methyl sites for hydroxylation is 1. The Bertz CT molecular complexity index is 581. The van der Waals surface area contributed by atoms with Gasteiger partial charge in [0.1, 0.15) is 5.82 Å². The fraction of sp³-hybridized carbons (Fsp3) is 0.294. The Balaban J connectivity index is 2.13. The molecule has 0 radical (unpaired) electrons. The highest BCUT2D eigenvalue weighted by Crippen LogP contribution is 2.17. The predicted molar refractivity (Wildman–Crippen MR) is 81.8 cm³/mol. The molecule has 0 saturated carbocycles. The van der Waals surface area contributed by atoms with E-state index in [1.165, 1.54) is 6.07 Å². The molecule has 0 fully saturated rings. The summed E-state index contributed by atoms with van der Waals surface area (Å²) in [4.78, 5) is 2.26. The zero-order chi connectivity index (χ0) is 14.5. The molecule has 0 unspecified atom stereocenters. The first-order valence-corrected chi connectivity index (χ1v) is 6.91. The van der Waals surface area contributed by atoms with Crippen molar-refractivity contribution in [3.63, 3.8) is 0 Å². The summed E-state index contributed by atoms with van der Waals surface area (Å²) in [5.74, 6) is -0.180. The molecule has 2 aromatic carbocycles. The SMILES string of the molecule is CCN(Cc1cc(F)ccc1C)Cc1ccccc1N. The highest BCUT2D eigenvalue weighted by molar-refractivity contribution is 5.46. The van der Waals surface area contributed by atoms with Crippen molar-refractivity contribution in [2.75, 3.05) is 12.3 Å². The minimum atomic E-state index is -0.180. The summed E-state index contributed by atoms with van der Waals surface area (Å²) in [6.07, 6.45) is 0. The van der Waals surface area contributed by atoms with E-state index in [0.29, 0.717) is 0 Å². The van der Waals surface area contributed by atoms with Crippen LogP contribution >= 0.6 is 0 Å². The van der Waals surface area contributed by atoms with Gasteiger partial charge in [0.15, 0.2) is 0 Å². The largest absolute Gasteiger partial charge is 0.398 e. The van der Waals surface area contributed by atoms with E-state index in [2.05, 4.69) is 11.8 Å². The first-order valence-electron chi connectivity index (χ1n) is 6.91. The molecule has 0 aliphatic heterocycles. The third-order valence-corrected chi connectivity index (χ3v) is 3.60. The van der Waals surface area contributed by atoms with Gasteiger partial charge in [-0.2, -0.15) is 0 Å². The van der Waals surface area contributed by atoms with Gasteiger partial charge in [0.05, 0.1) is 0 Å². The van der Waals surface area contributed by atoms with Crippen LogP contribution in [0.15, 0.2) is 42.5 Å². The van der Waals surface area contributed by atoms with Gasteiger partial charge in [-0.05, 0) is 48.4 Å². The molecule has 0 amide bonds. The Kier molecular flexibility index (Phi) is 4.74. The van der Waals surface area contributed by atoms with Crippen molar-refractivity contribution >= 4 is 5.69 Å². The number of rotatable bonds is 5. The molecule has 3 heteroatoms. The van der Waals surface area contributed by atoms with Gasteiger partial charge in [0.25, 0.3) is 0 Å². The zero-order valence-corrected chi connectivity index (χ0v) is 12.1. The summed E-state index contributed by atoms with van der Waals surface area (Å²) in [6.45, 7) is 6.52. The minimum Gasteiger partial charge on any atom is -0.398 e. The third-order valence-electron chi connectivity index (χ3n) is 3.60. The highest BCUT2D eigenvalue weighted by atomic mass is 19.1. The summed E-state index contributed by atoms with van der Waals surface area (Å²) < 4.78 is 13.4. The lowest BCUT2D eigenvalue weighted by Gasteiger charge is -2.22. The van der Waals surface area contributed by atoms with Crippen LogP contribution in [0.4, 0.5) is 10.1 Å². The number of benzene rings is 2. The number of nitrogens with two attached hydrogens (primary N) is 1. The molecule has 0 aliphatic rings. The van der Waals surface area contributed by atoms with Gasteiger partial charge >= 0.3 is 0 Å². The lowest BCUT2D eigenvalue weighted by atomic mass is 10.1. The summed E-state index contributed by atoms with van der Waals surface area (Å²) >= 11 is 0. The first-order chi connectivity index (χ1) is 9.60. The Labute approximate surface area is 120 Å². The molecule has 20 heavy (non-hydrogen) atoms. The van der Waals surface area contributed by atoms with E-state index >= 15 is 0 Å². The number of anilines is 1. The normalized spacial score (nSPS) is 11.0. The molecule has 2 nitrogen and oxygen atoms in total. The van der Waals surface area contributed by atoms with E-state index in [-0.39, 0.29) is 5.82 Å². The molecule has 0 bridgehead atoms. The summed E-state index contributed by atoms with van der Waals surface area (Å²) in [5, 5.41) is 0. The number of nitrogen functional groups attached to an aromatic ring is 1. The topological polar surface area (TPSA) is 29.3 Å². The minimum absolute atomic E-state index is 0.180. The van der Waals surface area contributed by atoms with Crippen LogP contribution in [0.1, 0.15) is 23.6 Å².